The number of imidazole rings is 1. The Morgan fingerprint density at radius 1 is 1.06 bits per heavy atom. The van der Waals surface area contributed by atoms with E-state index < -0.39 is 5.97 Å². The van der Waals surface area contributed by atoms with Crippen LogP contribution in [0.4, 0.5) is 0 Å². The number of hydrogen-bond acceptors (Lipinski definition) is 4. The molecular formula is C25H19ClN2O3. The Morgan fingerprint density at radius 2 is 1.81 bits per heavy atom. The lowest BCUT2D eigenvalue weighted by Gasteiger charge is -2.08. The molecule has 0 atom stereocenters. The number of nitrogens with zero attached hydrogens (tertiary/aromatic N) is 2. The third-order valence-electron chi connectivity index (χ3n) is 4.87. The average molecular weight is 431 g/mol. The van der Waals surface area contributed by atoms with Crippen molar-refractivity contribution in [3.8, 4) is 35.4 Å². The smallest absolute Gasteiger partial charge is 0.338 e. The van der Waals surface area contributed by atoms with E-state index in [1.54, 1.807) is 36.4 Å². The van der Waals surface area contributed by atoms with Crippen LogP contribution in [0.1, 0.15) is 21.5 Å². The van der Waals surface area contributed by atoms with Gasteiger partial charge in [-0.3, -0.25) is 0 Å². The van der Waals surface area contributed by atoms with Crippen molar-refractivity contribution in [1.82, 2.24) is 9.55 Å². The molecule has 31 heavy (non-hydrogen) atoms. The van der Waals surface area contributed by atoms with Gasteiger partial charge in [-0.05, 0) is 72.5 Å². The van der Waals surface area contributed by atoms with E-state index in [0.717, 1.165) is 5.56 Å². The van der Waals surface area contributed by atoms with Crippen molar-refractivity contribution in [3.05, 3.63) is 76.3 Å². The third-order valence-corrected chi connectivity index (χ3v) is 5.10. The molecule has 0 N–H and O–H groups in total. The van der Waals surface area contributed by atoms with Crippen molar-refractivity contribution in [2.45, 2.75) is 13.8 Å². The highest BCUT2D eigenvalue weighted by Gasteiger charge is 2.15. The molecule has 5 nitrogen and oxygen atoms in total. The van der Waals surface area contributed by atoms with E-state index in [4.69, 9.17) is 27.5 Å². The Labute approximate surface area is 185 Å². The molecule has 0 saturated carbocycles. The number of fused-ring (bicyclic) bond motifs is 2. The van der Waals surface area contributed by atoms with Gasteiger partial charge in [0.15, 0.2) is 0 Å². The summed E-state index contributed by atoms with van der Waals surface area (Å²) in [5, 5.41) is 0.550. The molecule has 0 unspecified atom stereocenters. The Bertz CT molecular complexity index is 1350. The summed E-state index contributed by atoms with van der Waals surface area (Å²) in [5.74, 6) is -0.00547. The minimum atomic E-state index is -0.435. The summed E-state index contributed by atoms with van der Waals surface area (Å²) in [6.07, 6.45) is 5.56. The van der Waals surface area contributed by atoms with E-state index in [9.17, 15) is 4.79 Å². The Morgan fingerprint density at radius 3 is 2.42 bits per heavy atom. The van der Waals surface area contributed by atoms with Crippen LogP contribution in [0.3, 0.4) is 0 Å². The monoisotopic (exact) mass is 430 g/mol. The van der Waals surface area contributed by atoms with E-state index >= 15 is 0 Å². The van der Waals surface area contributed by atoms with Gasteiger partial charge in [-0.15, -0.1) is 0 Å². The number of halogens is 1. The predicted molar refractivity (Wildman–Crippen MR) is 122 cm³/mol. The second kappa shape index (κ2) is 8.17. The first-order valence-corrected chi connectivity index (χ1v) is 9.91. The number of benzene rings is 3. The number of aromatic nitrogens is 2. The largest absolute Gasteiger partial charge is 0.465 e. The Balaban J connectivity index is 0.000000275. The number of ether oxygens (including phenoxy) is 2. The van der Waals surface area contributed by atoms with Crippen LogP contribution in [0, 0.1) is 26.3 Å². The van der Waals surface area contributed by atoms with E-state index in [2.05, 4.69) is 36.2 Å². The highest BCUT2D eigenvalue weighted by molar-refractivity contribution is 6.31. The van der Waals surface area contributed by atoms with Gasteiger partial charge in [0, 0.05) is 11.1 Å². The topological polar surface area (TPSA) is 53.4 Å². The van der Waals surface area contributed by atoms with Crippen molar-refractivity contribution < 1.29 is 14.3 Å². The summed E-state index contributed by atoms with van der Waals surface area (Å²) in [6.45, 7) is 3.94. The van der Waals surface area contributed by atoms with E-state index in [0.29, 0.717) is 27.4 Å². The summed E-state index contributed by atoms with van der Waals surface area (Å²) in [4.78, 5) is 16.2. The molecule has 2 aliphatic carbocycles. The van der Waals surface area contributed by atoms with Gasteiger partial charge in [0.2, 0.25) is 0 Å². The molecule has 0 spiro atoms. The van der Waals surface area contributed by atoms with E-state index in [1.165, 1.54) is 28.4 Å². The first-order valence-electron chi connectivity index (χ1n) is 9.53. The highest BCUT2D eigenvalue weighted by atomic mass is 35.5. The molecule has 0 bridgehead atoms. The second-order valence-electron chi connectivity index (χ2n) is 7.15. The Kier molecular flexibility index (Phi) is 5.41. The zero-order valence-electron chi connectivity index (χ0n) is 17.3. The van der Waals surface area contributed by atoms with E-state index in [-0.39, 0.29) is 6.01 Å². The van der Waals surface area contributed by atoms with Crippen molar-refractivity contribution >= 4 is 28.6 Å². The average Bonchev–Trinajstić information content (AvgIpc) is 3.22. The normalized spacial score (nSPS) is 10.7. The molecule has 0 fully saturated rings. The van der Waals surface area contributed by atoms with Crippen LogP contribution in [0.25, 0.3) is 22.2 Å². The molecule has 1 aromatic heterocycles. The predicted octanol–water partition coefficient (Wildman–Crippen LogP) is 5.99. The maximum absolute atomic E-state index is 11.8. The standard InChI is InChI=1S/C18H13ClN2O3.C7H6/c1-4-21-16-9-12(19)6-8-15(16)20-18(21)24-13-7-5-11(2)14(10-13)17(22)23-3;1-5-2-6-4-7(6)3-5/h1,5-10H,2-3H3;2-4H,1H3. The number of carbonyl (C=O) groups is 1. The van der Waals surface area contributed by atoms with Gasteiger partial charge >= 0.3 is 12.0 Å². The summed E-state index contributed by atoms with van der Waals surface area (Å²) in [6, 6.07) is 19.6. The zero-order valence-corrected chi connectivity index (χ0v) is 18.0. The van der Waals surface area contributed by atoms with Crippen molar-refractivity contribution in [1.29, 1.82) is 0 Å². The second-order valence-corrected chi connectivity index (χ2v) is 7.59. The van der Waals surface area contributed by atoms with Crippen molar-refractivity contribution in [2.24, 2.45) is 0 Å². The van der Waals surface area contributed by atoms with Gasteiger partial charge in [-0.2, -0.15) is 4.98 Å². The lowest BCUT2D eigenvalue weighted by atomic mass is 10.1. The van der Waals surface area contributed by atoms with Crippen LogP contribution in [-0.4, -0.2) is 22.6 Å². The molecular weight excluding hydrogens is 412 g/mol. The summed E-state index contributed by atoms with van der Waals surface area (Å²) >= 11 is 6.00. The molecule has 0 aliphatic heterocycles. The quantitative estimate of drug-likeness (QED) is 0.260. The lowest BCUT2D eigenvalue weighted by molar-refractivity contribution is 0.0599. The minimum absolute atomic E-state index is 0.217. The van der Waals surface area contributed by atoms with Crippen LogP contribution in [0.2, 0.25) is 5.02 Å². The molecule has 6 heteroatoms. The maximum atomic E-state index is 11.8. The van der Waals surface area contributed by atoms with Gasteiger partial charge in [0.1, 0.15) is 5.75 Å². The first-order chi connectivity index (χ1) is 14.9. The number of terminal acetylenes is 1. The first kappa shape index (κ1) is 20.5. The molecule has 2 aromatic carbocycles. The van der Waals surface area contributed by atoms with Crippen LogP contribution >= 0.6 is 11.6 Å². The van der Waals surface area contributed by atoms with Gasteiger partial charge in [0.05, 0.1) is 23.7 Å². The van der Waals surface area contributed by atoms with Crippen molar-refractivity contribution in [2.75, 3.05) is 7.11 Å². The van der Waals surface area contributed by atoms with Crippen LogP contribution in [0.15, 0.2) is 54.6 Å². The van der Waals surface area contributed by atoms with Crippen molar-refractivity contribution in [3.63, 3.8) is 0 Å². The fraction of sp³-hybridized carbons (Fsp3) is 0.120. The van der Waals surface area contributed by atoms with Gasteiger partial charge in [-0.25, -0.2) is 9.36 Å². The molecule has 3 aromatic rings. The van der Waals surface area contributed by atoms with Gasteiger partial charge in [0.25, 0.3) is 0 Å². The zero-order chi connectivity index (χ0) is 22.1. The number of aryl methyl sites for hydroxylation is 2. The van der Waals surface area contributed by atoms with Crippen LogP contribution in [0.5, 0.6) is 11.8 Å². The minimum Gasteiger partial charge on any atom is -0.465 e. The van der Waals surface area contributed by atoms with E-state index in [1.807, 2.05) is 6.92 Å². The summed E-state index contributed by atoms with van der Waals surface area (Å²) < 4.78 is 12.0. The molecule has 0 radical (unpaired) electrons. The molecule has 0 amide bonds. The van der Waals surface area contributed by atoms with Crippen LogP contribution in [-0.2, 0) is 4.74 Å². The summed E-state index contributed by atoms with van der Waals surface area (Å²) in [5.41, 5.74) is 6.81. The lowest BCUT2D eigenvalue weighted by Crippen LogP contribution is -2.04. The Hall–Kier alpha value is -3.75. The third kappa shape index (κ3) is 4.25. The number of esters is 1. The fourth-order valence-corrected chi connectivity index (χ4v) is 3.40. The highest BCUT2D eigenvalue weighted by Crippen LogP contribution is 2.35. The fourth-order valence-electron chi connectivity index (χ4n) is 3.23. The molecule has 1 heterocycles. The summed E-state index contributed by atoms with van der Waals surface area (Å²) in [7, 11) is 1.33. The SMILES string of the molecule is C#Cn1c(Oc2ccc(C)c(C(=O)OC)c2)nc2ccc(Cl)cc21.Cc1cc2cc-2c1. The number of hydrogen-bond donors (Lipinski definition) is 0. The van der Waals surface area contributed by atoms with Gasteiger partial charge in [-0.1, -0.05) is 36.2 Å². The molecule has 5 rings (SSSR count). The molecule has 154 valence electrons. The number of rotatable bonds is 3. The molecule has 0 saturated heterocycles. The molecule has 2 aliphatic rings. The number of carbonyl (C=O) groups excluding carboxylic acids is 1. The number of methoxy groups -OCH3 is 1. The maximum Gasteiger partial charge on any atom is 0.338 e. The van der Waals surface area contributed by atoms with Crippen LogP contribution < -0.4 is 4.74 Å². The van der Waals surface area contributed by atoms with Gasteiger partial charge < -0.3 is 9.47 Å².